The van der Waals surface area contributed by atoms with Crippen molar-refractivity contribution in [2.24, 2.45) is 5.92 Å². The van der Waals surface area contributed by atoms with E-state index in [0.29, 0.717) is 25.0 Å². The van der Waals surface area contributed by atoms with Gasteiger partial charge >= 0.3 is 0 Å². The van der Waals surface area contributed by atoms with Crippen LogP contribution in [0.4, 0.5) is 0 Å². The number of sulfonamides is 1. The molecule has 6 nitrogen and oxygen atoms in total. The van der Waals surface area contributed by atoms with Crippen molar-refractivity contribution in [2.75, 3.05) is 19.6 Å². The normalized spacial score (nSPS) is 20.1. The first-order chi connectivity index (χ1) is 9.55. The van der Waals surface area contributed by atoms with Gasteiger partial charge in [-0.1, -0.05) is 6.92 Å². The minimum Gasteiger partial charge on any atom is -0.314 e. The molecule has 1 aliphatic rings. The molecular weight excluding hydrogens is 276 g/mol. The SMILES string of the molecule is CCCNC(C)C1CCN(S(=O)(=O)c2cn[nH]c2)CC1. The minimum absolute atomic E-state index is 0.258. The third-order valence-electron chi connectivity index (χ3n) is 4.03. The van der Waals surface area contributed by atoms with E-state index in [1.807, 2.05) is 0 Å². The van der Waals surface area contributed by atoms with Crippen LogP contribution in [0.2, 0.25) is 0 Å². The predicted molar refractivity (Wildman–Crippen MR) is 77.8 cm³/mol. The first-order valence-electron chi connectivity index (χ1n) is 7.28. The zero-order chi connectivity index (χ0) is 14.6. The van der Waals surface area contributed by atoms with E-state index in [2.05, 4.69) is 29.4 Å². The molecule has 0 amide bonds. The lowest BCUT2D eigenvalue weighted by atomic mass is 9.91. The average molecular weight is 300 g/mol. The summed E-state index contributed by atoms with van der Waals surface area (Å²) in [4.78, 5) is 0.258. The number of H-pyrrole nitrogens is 1. The molecule has 1 saturated heterocycles. The molecule has 2 N–H and O–H groups in total. The molecule has 0 aliphatic carbocycles. The van der Waals surface area contributed by atoms with Crippen LogP contribution in [0.3, 0.4) is 0 Å². The number of hydrogen-bond donors (Lipinski definition) is 2. The second kappa shape index (κ2) is 6.69. The van der Waals surface area contributed by atoms with E-state index in [9.17, 15) is 8.42 Å². The first kappa shape index (κ1) is 15.5. The van der Waals surface area contributed by atoms with Crippen LogP contribution < -0.4 is 5.32 Å². The van der Waals surface area contributed by atoms with E-state index in [4.69, 9.17) is 0 Å². The highest BCUT2D eigenvalue weighted by Gasteiger charge is 2.31. The van der Waals surface area contributed by atoms with E-state index in [-0.39, 0.29) is 4.90 Å². The summed E-state index contributed by atoms with van der Waals surface area (Å²) in [6, 6.07) is 0.453. The maximum absolute atomic E-state index is 12.3. The molecule has 2 rings (SSSR count). The zero-order valence-electron chi connectivity index (χ0n) is 12.2. The maximum Gasteiger partial charge on any atom is 0.246 e. The van der Waals surface area contributed by atoms with Gasteiger partial charge in [0.05, 0.1) is 6.20 Å². The van der Waals surface area contributed by atoms with E-state index in [0.717, 1.165) is 25.8 Å². The molecular formula is C13H24N4O2S. The van der Waals surface area contributed by atoms with Crippen molar-refractivity contribution in [3.8, 4) is 0 Å². The number of hydrogen-bond acceptors (Lipinski definition) is 4. The van der Waals surface area contributed by atoms with Crippen LogP contribution in [0.25, 0.3) is 0 Å². The minimum atomic E-state index is -3.37. The van der Waals surface area contributed by atoms with E-state index < -0.39 is 10.0 Å². The Hall–Kier alpha value is -0.920. The van der Waals surface area contributed by atoms with Gasteiger partial charge in [-0.15, -0.1) is 0 Å². The van der Waals surface area contributed by atoms with Gasteiger partial charge in [0.25, 0.3) is 0 Å². The lowest BCUT2D eigenvalue weighted by Crippen LogP contribution is -2.44. The molecule has 1 aromatic heterocycles. The Morgan fingerprint density at radius 3 is 2.75 bits per heavy atom. The highest BCUT2D eigenvalue weighted by Crippen LogP contribution is 2.25. The fourth-order valence-corrected chi connectivity index (χ4v) is 4.06. The van der Waals surface area contributed by atoms with Crippen LogP contribution in [0.5, 0.6) is 0 Å². The van der Waals surface area contributed by atoms with Crippen LogP contribution in [-0.2, 0) is 10.0 Å². The van der Waals surface area contributed by atoms with Crippen molar-refractivity contribution in [3.05, 3.63) is 12.4 Å². The maximum atomic E-state index is 12.3. The standard InChI is InChI=1S/C13H24N4O2S/c1-3-6-14-11(2)12-4-7-17(8-5-12)20(18,19)13-9-15-16-10-13/h9-12,14H,3-8H2,1-2H3,(H,15,16). The highest BCUT2D eigenvalue weighted by molar-refractivity contribution is 7.89. The molecule has 1 aliphatic heterocycles. The van der Waals surface area contributed by atoms with Gasteiger partial charge in [0.15, 0.2) is 0 Å². The summed E-state index contributed by atoms with van der Waals surface area (Å²) < 4.78 is 26.3. The summed E-state index contributed by atoms with van der Waals surface area (Å²) in [5, 5.41) is 9.78. The quantitative estimate of drug-likeness (QED) is 0.827. The van der Waals surface area contributed by atoms with Gasteiger partial charge in [-0.3, -0.25) is 5.10 Å². The molecule has 1 atom stereocenters. The van der Waals surface area contributed by atoms with Crippen molar-refractivity contribution < 1.29 is 8.42 Å². The van der Waals surface area contributed by atoms with Crippen molar-refractivity contribution in [1.29, 1.82) is 0 Å². The van der Waals surface area contributed by atoms with E-state index in [1.54, 1.807) is 4.31 Å². The summed E-state index contributed by atoms with van der Waals surface area (Å²) in [5.41, 5.74) is 0. The molecule has 0 bridgehead atoms. The molecule has 1 unspecified atom stereocenters. The van der Waals surface area contributed by atoms with Crippen LogP contribution >= 0.6 is 0 Å². The van der Waals surface area contributed by atoms with Crippen LogP contribution in [0.15, 0.2) is 17.3 Å². The Balaban J connectivity index is 1.91. The molecule has 0 aromatic carbocycles. The Morgan fingerprint density at radius 2 is 2.20 bits per heavy atom. The highest BCUT2D eigenvalue weighted by atomic mass is 32.2. The van der Waals surface area contributed by atoms with Gasteiger partial charge < -0.3 is 5.32 Å². The third-order valence-corrected chi connectivity index (χ3v) is 5.90. The van der Waals surface area contributed by atoms with Crippen LogP contribution in [0, 0.1) is 5.92 Å². The largest absolute Gasteiger partial charge is 0.314 e. The van der Waals surface area contributed by atoms with Crippen LogP contribution in [-0.4, -0.2) is 48.6 Å². The topological polar surface area (TPSA) is 78.1 Å². The van der Waals surface area contributed by atoms with Gasteiger partial charge in [-0.2, -0.15) is 9.40 Å². The summed E-state index contributed by atoms with van der Waals surface area (Å²) in [7, 11) is -3.37. The second-order valence-electron chi connectivity index (χ2n) is 5.42. The van der Waals surface area contributed by atoms with Crippen molar-refractivity contribution in [2.45, 2.75) is 44.0 Å². The molecule has 114 valence electrons. The Labute approximate surface area is 121 Å². The number of nitrogens with one attached hydrogen (secondary N) is 2. The van der Waals surface area contributed by atoms with Crippen molar-refractivity contribution in [3.63, 3.8) is 0 Å². The van der Waals surface area contributed by atoms with Gasteiger partial charge in [0.1, 0.15) is 4.90 Å². The van der Waals surface area contributed by atoms with Gasteiger partial charge in [0, 0.05) is 25.3 Å². The van der Waals surface area contributed by atoms with Gasteiger partial charge in [-0.05, 0) is 38.6 Å². The molecule has 1 aromatic rings. The summed E-state index contributed by atoms with van der Waals surface area (Å²) in [5.74, 6) is 0.553. The summed E-state index contributed by atoms with van der Waals surface area (Å²) >= 11 is 0. The number of aromatic amines is 1. The molecule has 0 radical (unpaired) electrons. The number of piperidine rings is 1. The number of rotatable bonds is 6. The zero-order valence-corrected chi connectivity index (χ0v) is 13.0. The van der Waals surface area contributed by atoms with E-state index >= 15 is 0 Å². The van der Waals surface area contributed by atoms with Gasteiger partial charge in [-0.25, -0.2) is 8.42 Å². The second-order valence-corrected chi connectivity index (χ2v) is 7.36. The lowest BCUT2D eigenvalue weighted by Gasteiger charge is -2.34. The monoisotopic (exact) mass is 300 g/mol. The van der Waals surface area contributed by atoms with Crippen LogP contribution in [0.1, 0.15) is 33.1 Å². The summed E-state index contributed by atoms with van der Waals surface area (Å²) in [6.07, 6.45) is 5.75. The number of aromatic nitrogens is 2. The molecule has 0 spiro atoms. The molecule has 2 heterocycles. The van der Waals surface area contributed by atoms with E-state index in [1.165, 1.54) is 12.4 Å². The first-order valence-corrected chi connectivity index (χ1v) is 8.72. The molecule has 7 heteroatoms. The Bertz CT molecular complexity index is 492. The lowest BCUT2D eigenvalue weighted by molar-refractivity contribution is 0.231. The molecule has 20 heavy (non-hydrogen) atoms. The van der Waals surface area contributed by atoms with Crippen molar-refractivity contribution >= 4 is 10.0 Å². The van der Waals surface area contributed by atoms with Crippen molar-refractivity contribution in [1.82, 2.24) is 19.8 Å². The summed E-state index contributed by atoms with van der Waals surface area (Å²) in [6.45, 7) is 6.56. The Morgan fingerprint density at radius 1 is 1.50 bits per heavy atom. The molecule has 0 saturated carbocycles. The fourth-order valence-electron chi connectivity index (χ4n) is 2.68. The fraction of sp³-hybridized carbons (Fsp3) is 0.769. The Kier molecular flexibility index (Phi) is 5.17. The van der Waals surface area contributed by atoms with Gasteiger partial charge in [0.2, 0.25) is 10.0 Å². The predicted octanol–water partition coefficient (Wildman–Crippen LogP) is 1.20. The average Bonchev–Trinajstić information content (AvgIpc) is 3.00. The number of nitrogens with zero attached hydrogens (tertiary/aromatic N) is 2. The third kappa shape index (κ3) is 3.39. The smallest absolute Gasteiger partial charge is 0.246 e. The molecule has 1 fully saturated rings.